The molecular weight excluding hydrogens is 284 g/mol. The zero-order valence-electron chi connectivity index (χ0n) is 9.81. The Bertz CT molecular complexity index is 426. The lowest BCUT2D eigenvalue weighted by Gasteiger charge is -2.15. The molecule has 0 spiro atoms. The summed E-state index contributed by atoms with van der Waals surface area (Å²) in [5.41, 5.74) is 0.547. The summed E-state index contributed by atoms with van der Waals surface area (Å²) >= 11 is 3.29. The first-order chi connectivity index (χ1) is 7.91. The van der Waals surface area contributed by atoms with E-state index in [0.29, 0.717) is 5.56 Å². The highest BCUT2D eigenvalue weighted by Gasteiger charge is 2.25. The molecule has 4 heteroatoms. The van der Waals surface area contributed by atoms with Gasteiger partial charge in [0.1, 0.15) is 0 Å². The van der Waals surface area contributed by atoms with Gasteiger partial charge in [0.15, 0.2) is 5.78 Å². The second kappa shape index (κ2) is 5.96. The first kappa shape index (κ1) is 13.9. The largest absolute Gasteiger partial charge is 0.481 e. The fourth-order valence-electron chi connectivity index (χ4n) is 1.59. The first-order valence-corrected chi connectivity index (χ1v) is 6.22. The topological polar surface area (TPSA) is 54.4 Å². The normalized spacial score (nSPS) is 12.5. The van der Waals surface area contributed by atoms with Crippen LogP contribution in [0.15, 0.2) is 28.7 Å². The van der Waals surface area contributed by atoms with Gasteiger partial charge in [0.25, 0.3) is 0 Å². The molecule has 17 heavy (non-hydrogen) atoms. The summed E-state index contributed by atoms with van der Waals surface area (Å²) in [7, 11) is 0. The number of rotatable bonds is 5. The first-order valence-electron chi connectivity index (χ1n) is 5.43. The number of halogens is 1. The minimum Gasteiger partial charge on any atom is -0.481 e. The van der Waals surface area contributed by atoms with Crippen LogP contribution in [0.5, 0.6) is 0 Å². The minimum atomic E-state index is -0.914. The molecule has 1 atom stereocenters. The summed E-state index contributed by atoms with van der Waals surface area (Å²) in [5, 5.41) is 9.03. The lowest BCUT2D eigenvalue weighted by molar-refractivity contribution is -0.143. The summed E-state index contributed by atoms with van der Waals surface area (Å²) in [4.78, 5) is 22.9. The molecule has 0 heterocycles. The second-order valence-electron chi connectivity index (χ2n) is 4.33. The molecule has 1 N–H and O–H groups in total. The van der Waals surface area contributed by atoms with E-state index in [2.05, 4.69) is 15.9 Å². The summed E-state index contributed by atoms with van der Waals surface area (Å²) in [5.74, 6) is -1.72. The van der Waals surface area contributed by atoms with Crippen molar-refractivity contribution in [2.24, 2.45) is 11.8 Å². The van der Waals surface area contributed by atoms with Gasteiger partial charge < -0.3 is 5.11 Å². The van der Waals surface area contributed by atoms with Crippen molar-refractivity contribution in [2.75, 3.05) is 0 Å². The van der Waals surface area contributed by atoms with Crippen LogP contribution in [0, 0.1) is 11.8 Å². The lowest BCUT2D eigenvalue weighted by atomic mass is 9.89. The molecule has 0 aromatic heterocycles. The number of ketones is 1. The molecule has 3 nitrogen and oxygen atoms in total. The Morgan fingerprint density at radius 2 is 2.00 bits per heavy atom. The summed E-state index contributed by atoms with van der Waals surface area (Å²) in [6.45, 7) is 3.62. The molecule has 1 aromatic rings. The predicted octanol–water partition coefficient (Wildman–Crippen LogP) is 3.38. The van der Waals surface area contributed by atoms with Crippen LogP contribution < -0.4 is 0 Å². The zero-order valence-corrected chi connectivity index (χ0v) is 11.4. The van der Waals surface area contributed by atoms with E-state index >= 15 is 0 Å². The Morgan fingerprint density at radius 1 is 1.35 bits per heavy atom. The molecule has 0 aliphatic carbocycles. The zero-order chi connectivity index (χ0) is 13.0. The SMILES string of the molecule is CC(C)C(CC(=O)c1cccc(Br)c1)C(=O)O. The molecule has 0 aliphatic heterocycles. The highest BCUT2D eigenvalue weighted by Crippen LogP contribution is 2.20. The van der Waals surface area contributed by atoms with Crippen LogP contribution in [-0.4, -0.2) is 16.9 Å². The van der Waals surface area contributed by atoms with Crippen molar-refractivity contribution in [1.82, 2.24) is 0 Å². The van der Waals surface area contributed by atoms with E-state index in [4.69, 9.17) is 5.11 Å². The molecule has 0 aliphatic rings. The van der Waals surface area contributed by atoms with Gasteiger partial charge in [-0.1, -0.05) is 41.9 Å². The summed E-state index contributed by atoms with van der Waals surface area (Å²) in [6.07, 6.45) is 0.0451. The van der Waals surface area contributed by atoms with E-state index in [0.717, 1.165) is 4.47 Å². The van der Waals surface area contributed by atoms with Crippen LogP contribution in [0.25, 0.3) is 0 Å². The number of aliphatic carboxylic acids is 1. The fraction of sp³-hybridized carbons (Fsp3) is 0.385. The van der Waals surface area contributed by atoms with Crippen molar-refractivity contribution in [1.29, 1.82) is 0 Å². The number of carbonyl (C=O) groups is 2. The van der Waals surface area contributed by atoms with Gasteiger partial charge >= 0.3 is 5.97 Å². The van der Waals surface area contributed by atoms with Crippen LogP contribution in [0.1, 0.15) is 30.6 Å². The molecule has 0 saturated heterocycles. The number of hydrogen-bond acceptors (Lipinski definition) is 2. The van der Waals surface area contributed by atoms with E-state index < -0.39 is 11.9 Å². The van der Waals surface area contributed by atoms with E-state index in [-0.39, 0.29) is 18.1 Å². The van der Waals surface area contributed by atoms with Gasteiger partial charge in [-0.15, -0.1) is 0 Å². The molecule has 92 valence electrons. The van der Waals surface area contributed by atoms with Gasteiger partial charge in [-0.3, -0.25) is 9.59 Å². The van der Waals surface area contributed by atoms with Crippen molar-refractivity contribution in [3.8, 4) is 0 Å². The summed E-state index contributed by atoms with van der Waals surface area (Å²) < 4.78 is 0.819. The van der Waals surface area contributed by atoms with E-state index in [1.54, 1.807) is 18.2 Å². The van der Waals surface area contributed by atoms with Crippen LogP contribution >= 0.6 is 15.9 Å². The highest BCUT2D eigenvalue weighted by atomic mass is 79.9. The monoisotopic (exact) mass is 298 g/mol. The van der Waals surface area contributed by atoms with Crippen molar-refractivity contribution < 1.29 is 14.7 Å². The number of benzene rings is 1. The summed E-state index contributed by atoms with van der Waals surface area (Å²) in [6, 6.07) is 7.00. The van der Waals surface area contributed by atoms with Crippen molar-refractivity contribution in [2.45, 2.75) is 20.3 Å². The van der Waals surface area contributed by atoms with E-state index in [1.807, 2.05) is 19.9 Å². The van der Waals surface area contributed by atoms with E-state index in [9.17, 15) is 9.59 Å². The minimum absolute atomic E-state index is 0.0451. The van der Waals surface area contributed by atoms with E-state index in [1.165, 1.54) is 0 Å². The van der Waals surface area contributed by atoms with Crippen molar-refractivity contribution in [3.05, 3.63) is 34.3 Å². The average Bonchev–Trinajstić information content (AvgIpc) is 2.24. The van der Waals surface area contributed by atoms with Crippen LogP contribution in [0.3, 0.4) is 0 Å². The smallest absolute Gasteiger partial charge is 0.307 e. The lowest BCUT2D eigenvalue weighted by Crippen LogP contribution is -2.23. The maximum Gasteiger partial charge on any atom is 0.307 e. The van der Waals surface area contributed by atoms with Crippen LogP contribution in [-0.2, 0) is 4.79 Å². The number of carboxylic acids is 1. The molecular formula is C13H15BrO3. The molecule has 0 bridgehead atoms. The highest BCUT2D eigenvalue weighted by molar-refractivity contribution is 9.10. The van der Waals surface area contributed by atoms with Gasteiger partial charge in [-0.25, -0.2) is 0 Å². The third kappa shape index (κ3) is 3.97. The Morgan fingerprint density at radius 3 is 2.47 bits per heavy atom. The third-order valence-electron chi connectivity index (χ3n) is 2.67. The van der Waals surface area contributed by atoms with Crippen LogP contribution in [0.4, 0.5) is 0 Å². The number of Topliss-reactive ketones (excluding diaryl/α,β-unsaturated/α-hetero) is 1. The quantitative estimate of drug-likeness (QED) is 0.848. The maximum absolute atomic E-state index is 11.9. The third-order valence-corrected chi connectivity index (χ3v) is 3.17. The standard InChI is InChI=1S/C13H15BrO3/c1-8(2)11(13(16)17)7-12(15)9-4-3-5-10(14)6-9/h3-6,8,11H,7H2,1-2H3,(H,16,17). The number of carbonyl (C=O) groups excluding carboxylic acids is 1. The Kier molecular flexibility index (Phi) is 4.87. The van der Waals surface area contributed by atoms with Gasteiger partial charge in [-0.05, 0) is 18.1 Å². The Hall–Kier alpha value is -1.16. The van der Waals surface area contributed by atoms with Gasteiger partial charge in [0.05, 0.1) is 5.92 Å². The van der Waals surface area contributed by atoms with Crippen LogP contribution in [0.2, 0.25) is 0 Å². The fourth-order valence-corrected chi connectivity index (χ4v) is 1.99. The molecule has 1 aromatic carbocycles. The molecule has 0 saturated carbocycles. The maximum atomic E-state index is 11.9. The van der Waals surface area contributed by atoms with Gasteiger partial charge in [0, 0.05) is 16.5 Å². The molecule has 0 radical (unpaired) electrons. The predicted molar refractivity (Wildman–Crippen MR) is 69.1 cm³/mol. The molecule has 0 fully saturated rings. The second-order valence-corrected chi connectivity index (χ2v) is 5.24. The number of hydrogen-bond donors (Lipinski definition) is 1. The molecule has 0 amide bonds. The average molecular weight is 299 g/mol. The molecule has 1 rings (SSSR count). The van der Waals surface area contributed by atoms with Gasteiger partial charge in [-0.2, -0.15) is 0 Å². The Labute approximate surface area is 109 Å². The number of carboxylic acid groups (broad SMARTS) is 1. The van der Waals surface area contributed by atoms with Crippen molar-refractivity contribution >= 4 is 27.7 Å². The molecule has 1 unspecified atom stereocenters. The van der Waals surface area contributed by atoms with Gasteiger partial charge in [0.2, 0.25) is 0 Å². The van der Waals surface area contributed by atoms with Crippen molar-refractivity contribution in [3.63, 3.8) is 0 Å². The Balaban J connectivity index is 2.81.